The van der Waals surface area contributed by atoms with Crippen LogP contribution in [0.5, 0.6) is 0 Å². The molecule has 3 aromatic carbocycles. The molecule has 3 N–H and O–H groups in total. The molecule has 0 saturated heterocycles. The van der Waals surface area contributed by atoms with Crippen LogP contribution in [-0.2, 0) is 4.84 Å². The van der Waals surface area contributed by atoms with Crippen LogP contribution in [0.2, 0.25) is 0 Å². The van der Waals surface area contributed by atoms with Crippen LogP contribution in [0.3, 0.4) is 0 Å². The first-order valence-electron chi connectivity index (χ1n) is 9.22. The summed E-state index contributed by atoms with van der Waals surface area (Å²) < 4.78 is 27.3. The molecule has 0 fully saturated rings. The fourth-order valence-electron chi connectivity index (χ4n) is 3.29. The van der Waals surface area contributed by atoms with Gasteiger partial charge in [0.05, 0.1) is 18.4 Å². The highest BCUT2D eigenvalue weighted by molar-refractivity contribution is 7.13. The lowest BCUT2D eigenvalue weighted by Crippen LogP contribution is -2.76. The number of carboxylic acids is 1. The Kier molecular flexibility index (Phi) is 5.85. The highest BCUT2D eigenvalue weighted by Gasteiger charge is 2.19. The third kappa shape index (κ3) is 4.22. The van der Waals surface area contributed by atoms with Crippen LogP contribution < -0.4 is 5.48 Å². The second-order valence-electron chi connectivity index (χ2n) is 6.67. The van der Waals surface area contributed by atoms with E-state index in [9.17, 15) is 18.7 Å². The van der Waals surface area contributed by atoms with Gasteiger partial charge in [-0.3, -0.25) is 0 Å². The number of carboxylic acid groups (broad SMARTS) is 1. The summed E-state index contributed by atoms with van der Waals surface area (Å²) in [6.45, 7) is 0. The first kappa shape index (κ1) is 20.8. The molecule has 0 amide bonds. The Morgan fingerprint density at radius 1 is 1.03 bits per heavy atom. The van der Waals surface area contributed by atoms with E-state index < -0.39 is 17.6 Å². The van der Waals surface area contributed by atoms with Crippen molar-refractivity contribution >= 4 is 23.0 Å². The minimum atomic E-state index is -1.08. The summed E-state index contributed by atoms with van der Waals surface area (Å²) in [6.07, 6.45) is 0. The Balaban J connectivity index is 1.76. The standard InChI is InChI=1S/C23H16F2N2O3S/c1-30-27-20-5-3-2-4-16(20)15-8-6-13(10-18(15)23(28)29)22-26-21(12-31-22)17-9-7-14(24)11-19(17)25/h2-12,27H,1H3,(H,28,29)/p+1. The summed E-state index contributed by atoms with van der Waals surface area (Å²) in [5, 5.41) is 12.0. The van der Waals surface area contributed by atoms with Crippen molar-refractivity contribution in [3.63, 3.8) is 0 Å². The van der Waals surface area contributed by atoms with Crippen molar-refractivity contribution in [2.75, 3.05) is 7.11 Å². The molecular formula is C23H17F2N2O3S+. The van der Waals surface area contributed by atoms with Crippen molar-refractivity contribution in [1.29, 1.82) is 0 Å². The number of benzene rings is 3. The maximum atomic E-state index is 14.1. The number of rotatable bonds is 6. The van der Waals surface area contributed by atoms with Gasteiger partial charge in [-0.1, -0.05) is 24.3 Å². The normalized spacial score (nSPS) is 10.9. The summed E-state index contributed by atoms with van der Waals surface area (Å²) in [7, 11) is 1.53. The fraction of sp³-hybridized carbons (Fsp3) is 0.0435. The minimum absolute atomic E-state index is 0.110. The number of carbonyl (C=O) groups is 1. The lowest BCUT2D eigenvalue weighted by molar-refractivity contribution is -0.829. The summed E-state index contributed by atoms with van der Waals surface area (Å²) in [5.74, 6) is -2.45. The quantitative estimate of drug-likeness (QED) is 0.332. The van der Waals surface area contributed by atoms with E-state index in [1.165, 1.54) is 30.6 Å². The molecule has 4 rings (SSSR count). The molecule has 0 saturated carbocycles. The first-order chi connectivity index (χ1) is 15.0. The molecule has 31 heavy (non-hydrogen) atoms. The number of aromatic carboxylic acids is 1. The van der Waals surface area contributed by atoms with E-state index in [1.807, 2.05) is 24.3 Å². The lowest BCUT2D eigenvalue weighted by Gasteiger charge is -2.10. The number of quaternary nitrogens is 1. The second-order valence-corrected chi connectivity index (χ2v) is 7.53. The maximum Gasteiger partial charge on any atom is 0.336 e. The molecule has 0 aliphatic rings. The van der Waals surface area contributed by atoms with Crippen molar-refractivity contribution in [2.24, 2.45) is 0 Å². The molecule has 0 aliphatic heterocycles. The Bertz CT molecular complexity index is 1270. The average molecular weight is 439 g/mol. The van der Waals surface area contributed by atoms with E-state index in [2.05, 4.69) is 4.98 Å². The predicted molar refractivity (Wildman–Crippen MR) is 114 cm³/mol. The lowest BCUT2D eigenvalue weighted by atomic mass is 9.96. The van der Waals surface area contributed by atoms with Gasteiger partial charge in [-0.2, -0.15) is 5.48 Å². The fourth-order valence-corrected chi connectivity index (χ4v) is 4.11. The van der Waals surface area contributed by atoms with Gasteiger partial charge in [-0.15, -0.1) is 11.3 Å². The number of aromatic nitrogens is 1. The van der Waals surface area contributed by atoms with Gasteiger partial charge >= 0.3 is 5.97 Å². The summed E-state index contributed by atoms with van der Waals surface area (Å²) in [4.78, 5) is 21.5. The third-order valence-corrected chi connectivity index (χ3v) is 5.60. The molecule has 8 heteroatoms. The molecule has 0 radical (unpaired) electrons. The Morgan fingerprint density at radius 3 is 2.55 bits per heavy atom. The average Bonchev–Trinajstić information content (AvgIpc) is 3.24. The van der Waals surface area contributed by atoms with Gasteiger partial charge in [0.1, 0.15) is 16.6 Å². The van der Waals surface area contributed by atoms with Crippen LogP contribution in [0.4, 0.5) is 14.5 Å². The van der Waals surface area contributed by atoms with E-state index in [-0.39, 0.29) is 11.1 Å². The largest absolute Gasteiger partial charge is 0.478 e. The molecular weight excluding hydrogens is 422 g/mol. The van der Waals surface area contributed by atoms with Crippen LogP contribution in [0.1, 0.15) is 10.4 Å². The van der Waals surface area contributed by atoms with Crippen molar-refractivity contribution in [3.05, 3.63) is 83.2 Å². The molecule has 0 unspecified atom stereocenters. The Morgan fingerprint density at radius 2 is 1.81 bits per heavy atom. The molecule has 0 atom stereocenters. The van der Waals surface area contributed by atoms with Gasteiger partial charge in [-0.25, -0.2) is 23.4 Å². The maximum absolute atomic E-state index is 14.1. The SMILES string of the molecule is CO[NH2+]c1ccccc1-c1ccc(-c2nc(-c3ccc(F)cc3F)cs2)cc1C(=O)O. The van der Waals surface area contributed by atoms with E-state index >= 15 is 0 Å². The molecule has 0 aliphatic carbocycles. The number of nitrogens with two attached hydrogens (primary N) is 1. The third-order valence-electron chi connectivity index (χ3n) is 4.70. The van der Waals surface area contributed by atoms with Gasteiger partial charge < -0.3 is 5.11 Å². The number of hydrogen-bond acceptors (Lipinski definition) is 4. The van der Waals surface area contributed by atoms with Gasteiger partial charge in [0.25, 0.3) is 0 Å². The van der Waals surface area contributed by atoms with E-state index in [0.717, 1.165) is 17.3 Å². The number of thiazole rings is 1. The van der Waals surface area contributed by atoms with Gasteiger partial charge in [-0.05, 0) is 24.3 Å². The van der Waals surface area contributed by atoms with Gasteiger partial charge in [0, 0.05) is 39.8 Å². The zero-order chi connectivity index (χ0) is 22.0. The summed E-state index contributed by atoms with van der Waals surface area (Å²) in [6, 6.07) is 15.7. The summed E-state index contributed by atoms with van der Waals surface area (Å²) >= 11 is 1.25. The first-order valence-corrected chi connectivity index (χ1v) is 10.1. The van der Waals surface area contributed by atoms with Crippen LogP contribution in [0, 0.1) is 11.6 Å². The van der Waals surface area contributed by atoms with Crippen molar-refractivity contribution in [2.45, 2.75) is 0 Å². The van der Waals surface area contributed by atoms with Crippen LogP contribution >= 0.6 is 11.3 Å². The van der Waals surface area contributed by atoms with Crippen LogP contribution in [0.25, 0.3) is 33.0 Å². The smallest absolute Gasteiger partial charge is 0.336 e. The molecule has 1 heterocycles. The van der Waals surface area contributed by atoms with E-state index in [0.29, 0.717) is 21.8 Å². The van der Waals surface area contributed by atoms with Crippen molar-refractivity contribution in [1.82, 2.24) is 4.98 Å². The number of hydrogen-bond donors (Lipinski definition) is 2. The zero-order valence-electron chi connectivity index (χ0n) is 16.3. The monoisotopic (exact) mass is 439 g/mol. The topological polar surface area (TPSA) is 76.0 Å². The molecule has 156 valence electrons. The van der Waals surface area contributed by atoms with Crippen molar-refractivity contribution in [3.8, 4) is 33.0 Å². The van der Waals surface area contributed by atoms with Gasteiger partial charge in [0.2, 0.25) is 0 Å². The Labute approximate surface area is 180 Å². The number of nitrogens with zero attached hydrogens (tertiary/aromatic N) is 1. The van der Waals surface area contributed by atoms with E-state index in [4.69, 9.17) is 4.84 Å². The minimum Gasteiger partial charge on any atom is -0.478 e. The second kappa shape index (κ2) is 8.73. The highest BCUT2D eigenvalue weighted by Crippen LogP contribution is 2.35. The van der Waals surface area contributed by atoms with Crippen LogP contribution in [-0.4, -0.2) is 23.2 Å². The Hall–Kier alpha value is -3.46. The van der Waals surface area contributed by atoms with Crippen molar-refractivity contribution < 1.29 is 29.0 Å². The molecule has 5 nitrogen and oxygen atoms in total. The highest BCUT2D eigenvalue weighted by atomic mass is 32.1. The molecule has 1 aromatic heterocycles. The molecule has 4 aromatic rings. The molecule has 0 bridgehead atoms. The van der Waals surface area contributed by atoms with Crippen LogP contribution in [0.15, 0.2) is 66.0 Å². The van der Waals surface area contributed by atoms with Gasteiger partial charge in [0.15, 0.2) is 5.69 Å². The number of halogens is 2. The van der Waals surface area contributed by atoms with E-state index in [1.54, 1.807) is 29.1 Å². The summed E-state index contributed by atoms with van der Waals surface area (Å²) in [5.41, 5.74) is 4.82. The predicted octanol–water partition coefficient (Wildman–Crippen LogP) is 4.88. The zero-order valence-corrected chi connectivity index (χ0v) is 17.1. The molecule has 0 spiro atoms.